The highest BCUT2D eigenvalue weighted by Crippen LogP contribution is 2.52. The number of ether oxygens (including phenoxy) is 2. The summed E-state index contributed by atoms with van der Waals surface area (Å²) in [5.74, 6) is -1.52. The minimum atomic E-state index is -1.79. The number of esters is 1. The molecule has 3 aromatic rings. The van der Waals surface area contributed by atoms with Crippen LogP contribution in [0.1, 0.15) is 22.4 Å². The van der Waals surface area contributed by atoms with Crippen molar-refractivity contribution in [3.05, 3.63) is 105 Å². The summed E-state index contributed by atoms with van der Waals surface area (Å²) in [6, 6.07) is 18.4. The number of rotatable bonds is 4. The van der Waals surface area contributed by atoms with E-state index in [0.717, 1.165) is 5.56 Å². The van der Waals surface area contributed by atoms with Gasteiger partial charge in [0.15, 0.2) is 0 Å². The van der Waals surface area contributed by atoms with Gasteiger partial charge in [0.2, 0.25) is 11.8 Å². The Morgan fingerprint density at radius 2 is 1.82 bits per heavy atom. The van der Waals surface area contributed by atoms with Crippen molar-refractivity contribution in [3.63, 3.8) is 0 Å². The van der Waals surface area contributed by atoms with E-state index in [1.807, 2.05) is 30.3 Å². The number of para-hydroxylation sites is 1. The Kier molecular flexibility index (Phi) is 5.01. The van der Waals surface area contributed by atoms with Crippen LogP contribution in [0, 0.1) is 6.92 Å². The largest absolute Gasteiger partial charge is 0.465 e. The molecule has 0 saturated heterocycles. The van der Waals surface area contributed by atoms with E-state index in [2.05, 4.69) is 5.32 Å². The number of aryl methyl sites for hydroxylation is 2. The van der Waals surface area contributed by atoms with Crippen molar-refractivity contribution < 1.29 is 19.1 Å². The zero-order valence-electron chi connectivity index (χ0n) is 18.8. The number of fused-ring (bicyclic) bond motifs is 4. The van der Waals surface area contributed by atoms with Crippen molar-refractivity contribution in [2.75, 3.05) is 12.4 Å². The molecule has 0 unspecified atom stereocenters. The first-order valence-corrected chi connectivity index (χ1v) is 10.9. The molecule has 3 heterocycles. The van der Waals surface area contributed by atoms with Crippen LogP contribution in [0.4, 0.5) is 5.69 Å². The number of nitrogens with one attached hydrogen (secondary N) is 1. The van der Waals surface area contributed by atoms with Gasteiger partial charge in [-0.3, -0.25) is 9.59 Å². The van der Waals surface area contributed by atoms with Crippen molar-refractivity contribution in [2.24, 2.45) is 5.73 Å². The van der Waals surface area contributed by atoms with E-state index in [9.17, 15) is 14.4 Å². The molecule has 0 bridgehead atoms. The van der Waals surface area contributed by atoms with Crippen molar-refractivity contribution in [2.45, 2.75) is 25.3 Å². The first kappa shape index (κ1) is 21.5. The van der Waals surface area contributed by atoms with Gasteiger partial charge in [-0.05, 0) is 25.0 Å². The maximum Gasteiger partial charge on any atom is 0.340 e. The van der Waals surface area contributed by atoms with Crippen LogP contribution in [-0.2, 0) is 32.7 Å². The summed E-state index contributed by atoms with van der Waals surface area (Å²) in [6.07, 6.45) is 0.610. The number of nitrogens with zero attached hydrogens (tertiary/aromatic N) is 1. The van der Waals surface area contributed by atoms with Crippen LogP contribution in [0.3, 0.4) is 0 Å². The van der Waals surface area contributed by atoms with E-state index in [4.69, 9.17) is 15.2 Å². The number of carbonyl (C=O) groups excluding carboxylic acids is 2. The summed E-state index contributed by atoms with van der Waals surface area (Å²) in [4.78, 5) is 40.6. The number of anilines is 1. The lowest BCUT2D eigenvalue weighted by Crippen LogP contribution is -2.50. The van der Waals surface area contributed by atoms with Gasteiger partial charge in [0.25, 0.3) is 5.56 Å². The van der Waals surface area contributed by atoms with Gasteiger partial charge in [-0.1, -0.05) is 48.5 Å². The molecule has 2 aliphatic rings. The number of aromatic nitrogens is 1. The number of benzene rings is 2. The van der Waals surface area contributed by atoms with Gasteiger partial charge < -0.3 is 25.1 Å². The molecule has 1 spiro atoms. The molecule has 0 radical (unpaired) electrons. The number of carbonyl (C=O) groups is 2. The van der Waals surface area contributed by atoms with Gasteiger partial charge in [-0.15, -0.1) is 0 Å². The first-order valence-electron chi connectivity index (χ1n) is 10.9. The summed E-state index contributed by atoms with van der Waals surface area (Å²) in [6.45, 7) is 2.18. The molecule has 0 aliphatic carbocycles. The van der Waals surface area contributed by atoms with Gasteiger partial charge in [-0.2, -0.15) is 0 Å². The van der Waals surface area contributed by atoms with Gasteiger partial charge in [0.1, 0.15) is 16.7 Å². The Hall–Kier alpha value is -4.33. The molecule has 1 amide bonds. The maximum atomic E-state index is 14.0. The lowest BCUT2D eigenvalue weighted by Gasteiger charge is -2.35. The van der Waals surface area contributed by atoms with Crippen molar-refractivity contribution in [1.82, 2.24) is 4.57 Å². The second-order valence-electron chi connectivity index (χ2n) is 8.30. The fourth-order valence-corrected chi connectivity index (χ4v) is 4.92. The third-order valence-corrected chi connectivity index (χ3v) is 6.46. The highest BCUT2D eigenvalue weighted by molar-refractivity contribution is 6.17. The quantitative estimate of drug-likeness (QED) is 0.582. The Labute approximate surface area is 195 Å². The topological polar surface area (TPSA) is 113 Å². The number of nitrogens with two attached hydrogens (primary N) is 1. The fraction of sp³-hybridized carbons (Fsp3) is 0.192. The molecule has 3 N–H and O–H groups in total. The molecule has 8 nitrogen and oxygen atoms in total. The van der Waals surface area contributed by atoms with E-state index in [-0.39, 0.29) is 22.8 Å². The van der Waals surface area contributed by atoms with E-state index < -0.39 is 22.9 Å². The van der Waals surface area contributed by atoms with Crippen molar-refractivity contribution in [1.29, 1.82) is 0 Å². The standard InChI is InChI=1S/C26H23N3O5/c1-15-14-19-20(23(30)29(15)13-12-16-8-4-3-5-9-16)26(21(22(27)34-19)24(31)33-2)17-10-6-7-11-18(17)28-25(26)32/h3-11,14H,12-13,27H2,1-2H3,(H,28,32)/t26-/m0/s1. The van der Waals surface area contributed by atoms with Crippen molar-refractivity contribution >= 4 is 17.6 Å². The lowest BCUT2D eigenvalue weighted by molar-refractivity contribution is -0.138. The maximum absolute atomic E-state index is 14.0. The molecule has 172 valence electrons. The van der Waals surface area contributed by atoms with Gasteiger partial charge in [0.05, 0.1) is 12.7 Å². The van der Waals surface area contributed by atoms with Crippen LogP contribution in [-0.4, -0.2) is 23.6 Å². The number of pyridine rings is 1. The molecule has 0 fully saturated rings. The number of hydrogen-bond donors (Lipinski definition) is 2. The summed E-state index contributed by atoms with van der Waals surface area (Å²) in [5.41, 5.74) is 6.46. The molecule has 1 atom stereocenters. The van der Waals surface area contributed by atoms with Crippen LogP contribution in [0.15, 0.2) is 76.9 Å². The predicted molar refractivity (Wildman–Crippen MR) is 125 cm³/mol. The second kappa shape index (κ2) is 7.91. The van der Waals surface area contributed by atoms with Gasteiger partial charge >= 0.3 is 5.97 Å². The zero-order valence-corrected chi connectivity index (χ0v) is 18.8. The lowest BCUT2D eigenvalue weighted by atomic mass is 9.68. The van der Waals surface area contributed by atoms with Crippen LogP contribution in [0.5, 0.6) is 5.75 Å². The van der Waals surface area contributed by atoms with Gasteiger partial charge in [-0.25, -0.2) is 4.79 Å². The van der Waals surface area contributed by atoms with E-state index in [1.54, 1.807) is 41.8 Å². The Bertz CT molecular complexity index is 1420. The molecule has 5 rings (SSSR count). The molecule has 8 heteroatoms. The van der Waals surface area contributed by atoms with Crippen LogP contribution in [0.2, 0.25) is 0 Å². The number of amides is 1. The molecule has 34 heavy (non-hydrogen) atoms. The Balaban J connectivity index is 1.78. The summed E-state index contributed by atoms with van der Waals surface area (Å²) >= 11 is 0. The van der Waals surface area contributed by atoms with Crippen LogP contribution in [0.25, 0.3) is 0 Å². The number of hydrogen-bond acceptors (Lipinski definition) is 6. The molecule has 0 saturated carbocycles. The number of methoxy groups -OCH3 is 1. The third-order valence-electron chi connectivity index (χ3n) is 6.46. The SMILES string of the molecule is COC(=O)C1=C(N)Oc2cc(C)n(CCc3ccccc3)c(=O)c2[C@]12C(=O)Nc1ccccc12. The zero-order chi connectivity index (χ0) is 24.0. The van der Waals surface area contributed by atoms with E-state index >= 15 is 0 Å². The monoisotopic (exact) mass is 457 g/mol. The van der Waals surface area contributed by atoms with E-state index in [1.165, 1.54) is 7.11 Å². The Morgan fingerprint density at radius 1 is 1.12 bits per heavy atom. The van der Waals surface area contributed by atoms with Crippen LogP contribution >= 0.6 is 0 Å². The average Bonchev–Trinajstić information content (AvgIpc) is 3.11. The fourth-order valence-electron chi connectivity index (χ4n) is 4.92. The third kappa shape index (κ3) is 2.95. The Morgan fingerprint density at radius 3 is 2.56 bits per heavy atom. The van der Waals surface area contributed by atoms with Crippen molar-refractivity contribution in [3.8, 4) is 5.75 Å². The van der Waals surface area contributed by atoms with Gasteiger partial charge in [0, 0.05) is 29.6 Å². The summed E-state index contributed by atoms with van der Waals surface area (Å²) in [5, 5.41) is 2.81. The highest BCUT2D eigenvalue weighted by Gasteiger charge is 2.60. The minimum Gasteiger partial charge on any atom is -0.465 e. The normalized spacial score (nSPS) is 18.2. The summed E-state index contributed by atoms with van der Waals surface area (Å²) in [7, 11) is 1.19. The molecular weight excluding hydrogens is 434 g/mol. The second-order valence-corrected chi connectivity index (χ2v) is 8.30. The highest BCUT2D eigenvalue weighted by atomic mass is 16.5. The molecular formula is C26H23N3O5. The van der Waals surface area contributed by atoms with Crippen LogP contribution < -0.4 is 21.3 Å². The average molecular weight is 457 g/mol. The molecule has 2 aliphatic heterocycles. The smallest absolute Gasteiger partial charge is 0.340 e. The minimum absolute atomic E-state index is 0.0446. The molecule has 1 aromatic heterocycles. The van der Waals surface area contributed by atoms with E-state index in [0.29, 0.717) is 29.9 Å². The first-order chi connectivity index (χ1) is 16.4. The summed E-state index contributed by atoms with van der Waals surface area (Å²) < 4.78 is 12.3. The molecule has 2 aromatic carbocycles. The predicted octanol–water partition coefficient (Wildman–Crippen LogP) is 2.37.